The monoisotopic (exact) mass is 383 g/mol. The van der Waals surface area contributed by atoms with E-state index in [4.69, 9.17) is 5.10 Å². The molecular formula is C24H25N5. The van der Waals surface area contributed by atoms with Gasteiger partial charge in [-0.1, -0.05) is 42.5 Å². The summed E-state index contributed by atoms with van der Waals surface area (Å²) >= 11 is 0. The molecule has 0 saturated heterocycles. The Balaban J connectivity index is 1.53. The van der Waals surface area contributed by atoms with Crippen molar-refractivity contribution >= 4 is 0 Å². The van der Waals surface area contributed by atoms with E-state index in [1.165, 1.54) is 27.9 Å². The Labute approximate surface area is 171 Å². The Morgan fingerprint density at radius 1 is 1.07 bits per heavy atom. The molecular weight excluding hydrogens is 358 g/mol. The van der Waals surface area contributed by atoms with E-state index < -0.39 is 0 Å². The third-order valence-corrected chi connectivity index (χ3v) is 5.72. The quantitative estimate of drug-likeness (QED) is 0.567. The third kappa shape index (κ3) is 3.49. The second-order valence-electron chi connectivity index (χ2n) is 7.94. The maximum atomic E-state index is 5.02. The zero-order valence-corrected chi connectivity index (χ0v) is 16.9. The van der Waals surface area contributed by atoms with Crippen LogP contribution in [0.3, 0.4) is 0 Å². The number of aromatic amines is 1. The van der Waals surface area contributed by atoms with E-state index in [1.807, 2.05) is 10.9 Å². The number of rotatable bonds is 4. The highest BCUT2D eigenvalue weighted by molar-refractivity contribution is 5.63. The fraction of sp³-hybridized carbons (Fsp3) is 0.250. The van der Waals surface area contributed by atoms with E-state index in [0.29, 0.717) is 0 Å². The van der Waals surface area contributed by atoms with Crippen molar-refractivity contribution in [2.75, 3.05) is 6.54 Å². The summed E-state index contributed by atoms with van der Waals surface area (Å²) in [6.07, 6.45) is 5.18. The van der Waals surface area contributed by atoms with Crippen molar-refractivity contribution in [3.8, 4) is 16.9 Å². The summed E-state index contributed by atoms with van der Waals surface area (Å²) in [5, 5.41) is 12.4. The highest BCUT2D eigenvalue weighted by atomic mass is 15.3. The SMILES string of the molecule is Cc1ccc(C)c(-n2cc(CN3CCc4[nH]ncc4C3)c(-c3ccccc3)n2)c1. The molecule has 0 radical (unpaired) electrons. The average molecular weight is 383 g/mol. The molecule has 146 valence electrons. The van der Waals surface area contributed by atoms with Crippen LogP contribution in [0.2, 0.25) is 0 Å². The highest BCUT2D eigenvalue weighted by Gasteiger charge is 2.21. The number of fused-ring (bicyclic) bond motifs is 1. The highest BCUT2D eigenvalue weighted by Crippen LogP contribution is 2.27. The standard InChI is InChI=1S/C24H25N5/c1-17-8-9-18(2)23(12-17)29-16-21(24(27-29)19-6-4-3-5-7-19)15-28-11-10-22-20(14-28)13-25-26-22/h3-9,12-13,16H,10-11,14-15H2,1-2H3,(H,25,26). The van der Waals surface area contributed by atoms with E-state index in [0.717, 1.165) is 43.0 Å². The van der Waals surface area contributed by atoms with Crippen molar-refractivity contribution in [3.05, 3.63) is 88.9 Å². The van der Waals surface area contributed by atoms with Gasteiger partial charge in [0.1, 0.15) is 0 Å². The first-order valence-electron chi connectivity index (χ1n) is 10.1. The van der Waals surface area contributed by atoms with Gasteiger partial charge in [0, 0.05) is 54.6 Å². The number of nitrogens with one attached hydrogen (secondary N) is 1. The molecule has 0 aliphatic carbocycles. The third-order valence-electron chi connectivity index (χ3n) is 5.72. The summed E-state index contributed by atoms with van der Waals surface area (Å²) in [5.41, 5.74) is 9.66. The largest absolute Gasteiger partial charge is 0.294 e. The van der Waals surface area contributed by atoms with Crippen molar-refractivity contribution in [1.29, 1.82) is 0 Å². The zero-order chi connectivity index (χ0) is 19.8. The fourth-order valence-electron chi connectivity index (χ4n) is 4.11. The van der Waals surface area contributed by atoms with E-state index in [2.05, 4.69) is 83.7 Å². The molecule has 4 aromatic rings. The summed E-state index contributed by atoms with van der Waals surface area (Å²) in [5.74, 6) is 0. The Morgan fingerprint density at radius 3 is 2.79 bits per heavy atom. The van der Waals surface area contributed by atoms with Crippen LogP contribution in [0.4, 0.5) is 0 Å². The predicted octanol–water partition coefficient (Wildman–Crippen LogP) is 4.44. The molecule has 0 unspecified atom stereocenters. The predicted molar refractivity (Wildman–Crippen MR) is 115 cm³/mol. The molecule has 3 heterocycles. The summed E-state index contributed by atoms with van der Waals surface area (Å²) in [6, 6.07) is 17.0. The lowest BCUT2D eigenvalue weighted by Crippen LogP contribution is -2.29. The first kappa shape index (κ1) is 17.9. The molecule has 1 aliphatic rings. The summed E-state index contributed by atoms with van der Waals surface area (Å²) in [4.78, 5) is 2.48. The van der Waals surface area contributed by atoms with Gasteiger partial charge in [0.2, 0.25) is 0 Å². The number of aromatic nitrogens is 4. The molecule has 0 bridgehead atoms. The van der Waals surface area contributed by atoms with Crippen LogP contribution in [0.25, 0.3) is 16.9 Å². The molecule has 5 heteroatoms. The number of hydrogen-bond donors (Lipinski definition) is 1. The molecule has 0 amide bonds. The van der Waals surface area contributed by atoms with Gasteiger partial charge in [-0.3, -0.25) is 10.00 Å². The lowest BCUT2D eigenvalue weighted by atomic mass is 10.1. The molecule has 1 aliphatic heterocycles. The van der Waals surface area contributed by atoms with E-state index in [9.17, 15) is 0 Å². The molecule has 5 nitrogen and oxygen atoms in total. The molecule has 0 fully saturated rings. The Morgan fingerprint density at radius 2 is 1.93 bits per heavy atom. The second-order valence-corrected chi connectivity index (χ2v) is 7.94. The molecule has 1 N–H and O–H groups in total. The van der Waals surface area contributed by atoms with Gasteiger partial charge in [-0.05, 0) is 31.0 Å². The number of benzene rings is 2. The molecule has 0 atom stereocenters. The van der Waals surface area contributed by atoms with Crippen LogP contribution in [0.15, 0.2) is 60.9 Å². The Hall–Kier alpha value is -3.18. The molecule has 5 rings (SSSR count). The molecule has 29 heavy (non-hydrogen) atoms. The number of hydrogen-bond acceptors (Lipinski definition) is 3. The Kier molecular flexibility index (Phi) is 4.52. The van der Waals surface area contributed by atoms with Gasteiger partial charge in [-0.25, -0.2) is 4.68 Å². The fourth-order valence-corrected chi connectivity index (χ4v) is 4.11. The van der Waals surface area contributed by atoms with Crippen molar-refractivity contribution in [3.63, 3.8) is 0 Å². The van der Waals surface area contributed by atoms with Crippen LogP contribution in [-0.2, 0) is 19.5 Å². The Bertz CT molecular complexity index is 1140. The van der Waals surface area contributed by atoms with Crippen molar-refractivity contribution < 1.29 is 0 Å². The van der Waals surface area contributed by atoms with Gasteiger partial charge in [-0.2, -0.15) is 10.2 Å². The van der Waals surface area contributed by atoms with Crippen molar-refractivity contribution in [2.24, 2.45) is 0 Å². The molecule has 0 spiro atoms. The maximum absolute atomic E-state index is 5.02. The number of nitrogens with zero attached hydrogens (tertiary/aromatic N) is 4. The topological polar surface area (TPSA) is 49.7 Å². The summed E-state index contributed by atoms with van der Waals surface area (Å²) in [7, 11) is 0. The van der Waals surface area contributed by atoms with Gasteiger partial charge in [0.25, 0.3) is 0 Å². The smallest absolute Gasteiger partial charge is 0.0972 e. The van der Waals surface area contributed by atoms with E-state index in [1.54, 1.807) is 0 Å². The minimum atomic E-state index is 0.875. The lowest BCUT2D eigenvalue weighted by molar-refractivity contribution is 0.245. The normalized spacial score (nSPS) is 14.1. The molecule has 2 aromatic heterocycles. The van der Waals surface area contributed by atoms with Crippen molar-refractivity contribution in [2.45, 2.75) is 33.4 Å². The summed E-state index contributed by atoms with van der Waals surface area (Å²) < 4.78 is 2.05. The molecule has 2 aromatic carbocycles. The van der Waals surface area contributed by atoms with E-state index in [-0.39, 0.29) is 0 Å². The maximum Gasteiger partial charge on any atom is 0.0972 e. The van der Waals surface area contributed by atoms with Gasteiger partial charge in [0.05, 0.1) is 17.6 Å². The van der Waals surface area contributed by atoms with Crippen LogP contribution in [0, 0.1) is 13.8 Å². The zero-order valence-electron chi connectivity index (χ0n) is 16.9. The van der Waals surface area contributed by atoms with Gasteiger partial charge < -0.3 is 0 Å². The average Bonchev–Trinajstić information content (AvgIpc) is 3.37. The number of H-pyrrole nitrogens is 1. The number of aryl methyl sites for hydroxylation is 2. The van der Waals surface area contributed by atoms with Gasteiger partial charge in [-0.15, -0.1) is 0 Å². The first-order chi connectivity index (χ1) is 14.2. The van der Waals surface area contributed by atoms with Crippen LogP contribution in [-0.4, -0.2) is 31.4 Å². The lowest BCUT2D eigenvalue weighted by Gasteiger charge is -2.26. The second kappa shape index (κ2) is 7.33. The van der Waals surface area contributed by atoms with Crippen LogP contribution in [0.1, 0.15) is 27.9 Å². The molecule has 0 saturated carbocycles. The minimum Gasteiger partial charge on any atom is -0.294 e. The first-order valence-corrected chi connectivity index (χ1v) is 10.1. The minimum absolute atomic E-state index is 0.875. The summed E-state index contributed by atoms with van der Waals surface area (Å²) in [6.45, 7) is 7.09. The van der Waals surface area contributed by atoms with Crippen LogP contribution in [0.5, 0.6) is 0 Å². The van der Waals surface area contributed by atoms with Crippen LogP contribution >= 0.6 is 0 Å². The van der Waals surface area contributed by atoms with E-state index >= 15 is 0 Å². The van der Waals surface area contributed by atoms with Gasteiger partial charge >= 0.3 is 0 Å². The van der Waals surface area contributed by atoms with Crippen LogP contribution < -0.4 is 0 Å². The van der Waals surface area contributed by atoms with Crippen molar-refractivity contribution in [1.82, 2.24) is 24.9 Å². The van der Waals surface area contributed by atoms with Gasteiger partial charge in [0.15, 0.2) is 0 Å².